The number of carbonyl (C=O) groups excluding carboxylic acids is 2. The zero-order valence-electron chi connectivity index (χ0n) is 48.8. The van der Waals surface area contributed by atoms with Gasteiger partial charge >= 0.3 is 0 Å². The summed E-state index contributed by atoms with van der Waals surface area (Å²) in [6.45, 7) is 0. The highest BCUT2D eigenvalue weighted by Gasteiger charge is 2.40. The van der Waals surface area contributed by atoms with E-state index in [1.165, 1.54) is 0 Å². The maximum atomic E-state index is 16.5. The number of halogens is 30. The van der Waals surface area contributed by atoms with Crippen molar-refractivity contribution in [1.29, 1.82) is 0 Å². The van der Waals surface area contributed by atoms with Crippen molar-refractivity contribution in [1.82, 2.24) is 19.9 Å². The molecule has 0 saturated carbocycles. The molecule has 0 spiro atoms. The van der Waals surface area contributed by atoms with Gasteiger partial charge < -0.3 is 20.6 Å². The lowest BCUT2D eigenvalue weighted by molar-refractivity contribution is 0.102. The first-order valence-electron chi connectivity index (χ1n) is 27.8. The van der Waals surface area contributed by atoms with Gasteiger partial charge in [-0.1, -0.05) is 0 Å². The number of nitrogens with one attached hydrogen (secondary N) is 4. The fourth-order valence-electron chi connectivity index (χ4n) is 11.5. The van der Waals surface area contributed by atoms with E-state index in [0.29, 0.717) is 12.1 Å². The van der Waals surface area contributed by atoms with Crippen molar-refractivity contribution in [3.63, 3.8) is 0 Å². The van der Waals surface area contributed by atoms with Gasteiger partial charge in [-0.2, -0.15) is 0 Å². The maximum Gasteiger partial charge on any atom is 0.256 e. The van der Waals surface area contributed by atoms with Gasteiger partial charge in [0.2, 0.25) is 34.9 Å². The van der Waals surface area contributed by atoms with Crippen molar-refractivity contribution < 1.29 is 141 Å². The lowest BCUT2D eigenvalue weighted by atomic mass is 9.97. The second-order valence-corrected chi connectivity index (χ2v) is 21.8. The summed E-state index contributed by atoms with van der Waals surface area (Å²) in [6, 6.07) is 1.10. The van der Waals surface area contributed by atoms with Crippen LogP contribution < -0.4 is 10.6 Å². The van der Waals surface area contributed by atoms with E-state index in [4.69, 9.17) is 0 Å². The van der Waals surface area contributed by atoms with Crippen LogP contribution in [0, 0.1) is 175 Å². The fourth-order valence-corrected chi connectivity index (χ4v) is 11.5. The van der Waals surface area contributed by atoms with Gasteiger partial charge in [0.05, 0.1) is 78.7 Å². The summed E-state index contributed by atoms with van der Waals surface area (Å²) >= 11 is 0. The number of nitrogens with zero attached hydrogens (tertiary/aromatic N) is 2. The van der Waals surface area contributed by atoms with Crippen LogP contribution in [0.15, 0.2) is 36.4 Å². The molecular formula is C66H14F30N6O2. The van der Waals surface area contributed by atoms with Gasteiger partial charge in [0.1, 0.15) is 0 Å². The first-order valence-corrected chi connectivity index (χ1v) is 27.8. The van der Waals surface area contributed by atoms with Gasteiger partial charge in [-0.05, 0) is 60.7 Å². The number of anilines is 2. The summed E-state index contributed by atoms with van der Waals surface area (Å²) < 4.78 is 473. The van der Waals surface area contributed by atoms with Gasteiger partial charge in [-0.15, -0.1) is 0 Å². The minimum Gasteiger partial charge on any atom is -0.354 e. The topological polar surface area (TPSA) is 116 Å². The first-order chi connectivity index (χ1) is 48.9. The minimum absolute atomic E-state index is 0.0223. The zero-order chi connectivity index (χ0) is 75.6. The van der Waals surface area contributed by atoms with Crippen LogP contribution in [-0.4, -0.2) is 31.8 Å². The van der Waals surface area contributed by atoms with E-state index in [-0.39, 0.29) is 48.6 Å². The predicted octanol–water partition coefficient (Wildman–Crippen LogP) is 20.2. The lowest BCUT2D eigenvalue weighted by Gasteiger charge is -2.12. The molecule has 0 saturated heterocycles. The second-order valence-electron chi connectivity index (χ2n) is 21.8. The van der Waals surface area contributed by atoms with E-state index in [9.17, 15) is 35.9 Å². The van der Waals surface area contributed by atoms with E-state index in [1.807, 2.05) is 9.97 Å². The molecule has 0 radical (unpaired) electrons. The molecule has 104 heavy (non-hydrogen) atoms. The average molecular weight is 1490 g/mol. The Labute approximate surface area is 551 Å². The lowest BCUT2D eigenvalue weighted by Crippen LogP contribution is -2.11. The smallest absolute Gasteiger partial charge is 0.256 e. The standard InChI is InChI=1S/C66H14F30N6O2/c67-35-29(36(68)48(80)59(91)47(35)79)23-11-9-21(101-65(11)103)27(33-43(75)55(87)63(95)56(88)44(33)76)20-8-6-18(100-20)26(32-41(73)53(85)62(94)54(86)42(32)74)16-4-2-14(98-16)24(30-37(69)49(81)60(92)50(82)38(30)70)12-10-22(102-66(12)104)28(34-45(77)57(89)64(96)58(90)46(34)78)19-7-5-17(99-19)25(15-3-1-13(23)97-15)31-39(71)51(83)61(93)52(84)40(31)72/h1-10,99-100H,(H,101,103)(H,102,104). The summed E-state index contributed by atoms with van der Waals surface area (Å²) in [5.74, 6) is -93.0. The van der Waals surface area contributed by atoms with E-state index in [1.54, 1.807) is 10.6 Å². The maximum absolute atomic E-state index is 16.5. The highest BCUT2D eigenvalue weighted by molar-refractivity contribution is 6.18. The number of rotatable bonds is 6. The highest BCUT2D eigenvalue weighted by atomic mass is 19.2. The quantitative estimate of drug-likeness (QED) is 0.0754. The molecule has 6 aromatic carbocycles. The van der Waals surface area contributed by atoms with Gasteiger partial charge in [-0.25, -0.2) is 142 Å². The summed E-state index contributed by atoms with van der Waals surface area (Å²) in [6.07, 6.45) is 0.934. The van der Waals surface area contributed by atoms with Crippen LogP contribution in [0.5, 0.6) is 0 Å². The number of hydrogen-bond donors (Lipinski definition) is 4. The zero-order valence-corrected chi connectivity index (χ0v) is 48.8. The van der Waals surface area contributed by atoms with Crippen molar-refractivity contribution in [3.05, 3.63) is 245 Å². The monoisotopic (exact) mass is 1490 g/mol. The molecule has 0 aliphatic carbocycles. The van der Waals surface area contributed by atoms with Gasteiger partial charge in [0.15, 0.2) is 140 Å². The molecule has 7 heterocycles. The van der Waals surface area contributed by atoms with Crippen molar-refractivity contribution in [2.24, 2.45) is 0 Å². The minimum atomic E-state index is -3.02. The molecule has 0 atom stereocenters. The Bertz CT molecular complexity index is 5470. The van der Waals surface area contributed by atoms with Gasteiger partial charge in [0.25, 0.3) is 11.8 Å². The SMILES string of the molecule is O=C1Nc2cc1c(-c1c(F)c(F)c(F)c(F)c1F)c1nc(c(-c3c(F)c(F)c(F)c(F)c3F)c3ccc([nH]3)c(-c3c(F)c(F)c(F)c(F)c3F)c3cc(c(-c4c(F)c(F)c(F)c(F)c4F)c4nc(c(-c5c(F)c(F)c(F)c(F)c5F)c5ccc([nH]5)c2-c2c(F)c(F)c(F)c(F)c2F)C=C4)C(=O)N3)C=C1. The van der Waals surface area contributed by atoms with Crippen LogP contribution in [0.25, 0.3) is 113 Å². The number of aromatic amines is 2. The Morgan fingerprint density at radius 1 is 0.202 bits per heavy atom. The van der Waals surface area contributed by atoms with Crippen LogP contribution in [0.4, 0.5) is 143 Å². The Morgan fingerprint density at radius 3 is 0.577 bits per heavy atom. The summed E-state index contributed by atoms with van der Waals surface area (Å²) in [5.41, 5.74) is -43.0. The molecule has 0 fully saturated rings. The molecule has 2 amide bonds. The molecule has 12 bridgehead atoms. The van der Waals surface area contributed by atoms with Crippen molar-refractivity contribution in [2.75, 3.05) is 10.6 Å². The van der Waals surface area contributed by atoms with E-state index in [0.717, 1.165) is 0 Å². The van der Waals surface area contributed by atoms with Gasteiger partial charge in [-0.3, -0.25) is 9.59 Å². The molecule has 9 aromatic rings. The molecule has 530 valence electrons. The third-order valence-electron chi connectivity index (χ3n) is 16.2. The Hall–Kier alpha value is -12.3. The Morgan fingerprint density at radius 2 is 0.365 bits per heavy atom. The van der Waals surface area contributed by atoms with Crippen molar-refractivity contribution in [2.45, 2.75) is 0 Å². The number of H-pyrrole nitrogens is 2. The molecule has 4 aliphatic heterocycles. The van der Waals surface area contributed by atoms with Crippen LogP contribution in [0.1, 0.15) is 43.5 Å². The predicted molar refractivity (Wildman–Crippen MR) is 301 cm³/mol. The van der Waals surface area contributed by atoms with Crippen LogP contribution in [-0.2, 0) is 0 Å². The number of benzene rings is 6. The summed E-state index contributed by atoms with van der Waals surface area (Å²) in [4.78, 5) is 40.7. The molecule has 0 unspecified atom stereocenters. The summed E-state index contributed by atoms with van der Waals surface area (Å²) in [7, 11) is 0. The Balaban J connectivity index is 1.36. The number of hydrogen-bond acceptors (Lipinski definition) is 4. The third-order valence-corrected chi connectivity index (χ3v) is 16.2. The van der Waals surface area contributed by atoms with Crippen molar-refractivity contribution in [3.8, 4) is 66.8 Å². The normalized spacial score (nSPS) is 12.6. The number of aromatic nitrogens is 4. The molecule has 38 heteroatoms. The molecule has 4 N–H and O–H groups in total. The molecule has 8 nitrogen and oxygen atoms in total. The highest BCUT2D eigenvalue weighted by Crippen LogP contribution is 2.49. The molecule has 3 aromatic heterocycles. The number of amides is 2. The molecule has 4 aliphatic rings. The molecule has 13 rings (SSSR count). The van der Waals surface area contributed by atoms with Crippen LogP contribution in [0.3, 0.4) is 0 Å². The average Bonchev–Trinajstić information content (AvgIpc) is 1.47. The first kappa shape index (κ1) is 70.2. The second kappa shape index (κ2) is 24.8. The van der Waals surface area contributed by atoms with Gasteiger partial charge in [0, 0.05) is 55.4 Å². The van der Waals surface area contributed by atoms with E-state index in [2.05, 4.69) is 9.97 Å². The third kappa shape index (κ3) is 10.2. The molecular weight excluding hydrogens is 1480 g/mol. The van der Waals surface area contributed by atoms with Crippen molar-refractivity contribution >= 4 is 69.6 Å². The van der Waals surface area contributed by atoms with E-state index >= 15 is 105 Å². The van der Waals surface area contributed by atoms with Crippen LogP contribution in [0.2, 0.25) is 0 Å². The summed E-state index contributed by atoms with van der Waals surface area (Å²) in [5, 5.41) is 3.36. The number of fused-ring (bicyclic) bond motifs is 12. The Kier molecular flexibility index (Phi) is 16.7. The van der Waals surface area contributed by atoms with E-state index < -0.39 is 320 Å². The van der Waals surface area contributed by atoms with Crippen LogP contribution >= 0.6 is 0 Å². The number of carbonyl (C=O) groups is 2. The fraction of sp³-hybridized carbons (Fsp3) is 0. The largest absolute Gasteiger partial charge is 0.354 e.